The number of aromatic nitrogens is 1. The fraction of sp³-hybridized carbons (Fsp3) is 0.250. The summed E-state index contributed by atoms with van der Waals surface area (Å²) in [6.45, 7) is 1.85. The molecule has 0 saturated carbocycles. The van der Waals surface area contributed by atoms with E-state index in [-0.39, 0.29) is 5.75 Å². The lowest BCUT2D eigenvalue weighted by atomic mass is 10.2. The molecule has 2 aromatic rings. The quantitative estimate of drug-likeness (QED) is 0.909. The second kappa shape index (κ2) is 6.67. The maximum Gasteiger partial charge on any atom is 0.237 e. The van der Waals surface area contributed by atoms with E-state index in [1.807, 2.05) is 13.0 Å². The van der Waals surface area contributed by atoms with Gasteiger partial charge in [0.2, 0.25) is 10.0 Å². The molecule has 0 aliphatic heterocycles. The monoisotopic (exact) mass is 330 g/mol. The molecule has 0 bridgehead atoms. The Kier molecular flexibility index (Phi) is 4.86. The minimum absolute atomic E-state index is 0.167. The van der Waals surface area contributed by atoms with Crippen molar-refractivity contribution in [3.8, 4) is 6.07 Å². The Balaban J connectivity index is 2.23. The van der Waals surface area contributed by atoms with Gasteiger partial charge in [-0.1, -0.05) is 12.1 Å². The molecule has 120 valence electrons. The van der Waals surface area contributed by atoms with Gasteiger partial charge >= 0.3 is 0 Å². The second-order valence-corrected chi connectivity index (χ2v) is 7.11. The number of rotatable bonds is 5. The number of sulfonamides is 1. The number of aryl methyl sites for hydroxylation is 1. The topological polar surface area (TPSA) is 86.1 Å². The molecule has 0 spiro atoms. The van der Waals surface area contributed by atoms with Crippen molar-refractivity contribution >= 4 is 21.5 Å². The SMILES string of the molecule is Cc1ccc(NS(=O)(=O)Cc2ccc(C#N)cc2)c(N(C)C)n1. The molecule has 0 amide bonds. The van der Waals surface area contributed by atoms with E-state index in [9.17, 15) is 8.42 Å². The van der Waals surface area contributed by atoms with Gasteiger partial charge in [0.05, 0.1) is 23.1 Å². The van der Waals surface area contributed by atoms with Crippen molar-refractivity contribution in [2.75, 3.05) is 23.7 Å². The molecule has 1 heterocycles. The number of nitrogens with one attached hydrogen (secondary N) is 1. The van der Waals surface area contributed by atoms with Crippen LogP contribution in [0.5, 0.6) is 0 Å². The number of hydrogen-bond donors (Lipinski definition) is 1. The molecule has 1 N–H and O–H groups in total. The van der Waals surface area contributed by atoms with Crippen LogP contribution in [0, 0.1) is 18.3 Å². The number of nitrogens with zero attached hydrogens (tertiary/aromatic N) is 3. The number of pyridine rings is 1. The Bertz CT molecular complexity index is 837. The molecule has 7 heteroatoms. The van der Waals surface area contributed by atoms with Crippen LogP contribution in [-0.4, -0.2) is 27.5 Å². The number of hydrogen-bond acceptors (Lipinski definition) is 5. The van der Waals surface area contributed by atoms with Gasteiger partial charge in [-0.2, -0.15) is 5.26 Å². The highest BCUT2D eigenvalue weighted by molar-refractivity contribution is 7.91. The highest BCUT2D eigenvalue weighted by Crippen LogP contribution is 2.24. The maximum absolute atomic E-state index is 12.4. The van der Waals surface area contributed by atoms with Crippen molar-refractivity contribution < 1.29 is 8.42 Å². The zero-order valence-corrected chi connectivity index (χ0v) is 14.1. The Labute approximate surface area is 136 Å². The van der Waals surface area contributed by atoms with Gasteiger partial charge in [-0.25, -0.2) is 13.4 Å². The molecule has 2 rings (SSSR count). The van der Waals surface area contributed by atoms with E-state index < -0.39 is 10.0 Å². The van der Waals surface area contributed by atoms with Gasteiger partial charge in [0, 0.05) is 19.8 Å². The molecule has 0 aliphatic carbocycles. The number of nitriles is 1. The Morgan fingerprint density at radius 3 is 2.39 bits per heavy atom. The third-order valence-electron chi connectivity index (χ3n) is 3.14. The molecular weight excluding hydrogens is 312 g/mol. The van der Waals surface area contributed by atoms with E-state index in [0.717, 1.165) is 5.69 Å². The third-order valence-corrected chi connectivity index (χ3v) is 4.39. The summed E-state index contributed by atoms with van der Waals surface area (Å²) in [7, 11) is 0.0358. The van der Waals surface area contributed by atoms with Crippen LogP contribution in [0.1, 0.15) is 16.8 Å². The largest absolute Gasteiger partial charge is 0.361 e. The van der Waals surface area contributed by atoms with Crippen LogP contribution in [0.25, 0.3) is 0 Å². The smallest absolute Gasteiger partial charge is 0.237 e. The first-order valence-electron chi connectivity index (χ1n) is 6.95. The van der Waals surface area contributed by atoms with Crippen LogP contribution in [0.15, 0.2) is 36.4 Å². The van der Waals surface area contributed by atoms with Gasteiger partial charge in [0.25, 0.3) is 0 Å². The summed E-state index contributed by atoms with van der Waals surface area (Å²) in [6, 6.07) is 11.9. The first kappa shape index (κ1) is 16.8. The normalized spacial score (nSPS) is 10.9. The summed E-state index contributed by atoms with van der Waals surface area (Å²) in [5, 5.41) is 8.77. The molecule has 0 unspecified atom stereocenters. The maximum atomic E-state index is 12.4. The minimum Gasteiger partial charge on any atom is -0.361 e. The van der Waals surface area contributed by atoms with Gasteiger partial charge in [-0.3, -0.25) is 4.72 Å². The summed E-state index contributed by atoms with van der Waals surface area (Å²) >= 11 is 0. The van der Waals surface area contributed by atoms with Crippen molar-refractivity contribution in [1.82, 2.24) is 4.98 Å². The van der Waals surface area contributed by atoms with Gasteiger partial charge in [0.15, 0.2) is 5.82 Å². The fourth-order valence-corrected chi connectivity index (χ4v) is 3.26. The first-order chi connectivity index (χ1) is 10.8. The standard InChI is InChI=1S/C16H18N4O2S/c1-12-4-9-15(16(18-12)20(2)3)19-23(21,22)11-14-7-5-13(10-17)6-8-14/h4-9,19H,11H2,1-3H3. The van der Waals surface area contributed by atoms with E-state index >= 15 is 0 Å². The van der Waals surface area contributed by atoms with E-state index in [2.05, 4.69) is 9.71 Å². The van der Waals surface area contributed by atoms with Gasteiger partial charge in [-0.05, 0) is 36.8 Å². The first-order valence-corrected chi connectivity index (χ1v) is 8.60. The van der Waals surface area contributed by atoms with Crippen molar-refractivity contribution in [3.63, 3.8) is 0 Å². The summed E-state index contributed by atoms with van der Waals surface area (Å²) in [5.74, 6) is 0.396. The van der Waals surface area contributed by atoms with Crippen molar-refractivity contribution in [2.45, 2.75) is 12.7 Å². The summed E-state index contributed by atoms with van der Waals surface area (Å²) in [6.07, 6.45) is 0. The van der Waals surface area contributed by atoms with Crippen molar-refractivity contribution in [1.29, 1.82) is 5.26 Å². The predicted molar refractivity (Wildman–Crippen MR) is 90.7 cm³/mol. The van der Waals surface area contributed by atoms with E-state index in [1.54, 1.807) is 55.4 Å². The molecule has 23 heavy (non-hydrogen) atoms. The molecule has 0 fully saturated rings. The third kappa shape index (κ3) is 4.44. The highest BCUT2D eigenvalue weighted by atomic mass is 32.2. The molecule has 1 aromatic carbocycles. The van der Waals surface area contributed by atoms with Crippen LogP contribution < -0.4 is 9.62 Å². The molecule has 0 radical (unpaired) electrons. The van der Waals surface area contributed by atoms with E-state index in [4.69, 9.17) is 5.26 Å². The van der Waals surface area contributed by atoms with E-state index in [0.29, 0.717) is 22.6 Å². The van der Waals surface area contributed by atoms with Crippen molar-refractivity contribution in [3.05, 3.63) is 53.2 Å². The second-order valence-electron chi connectivity index (χ2n) is 5.39. The van der Waals surface area contributed by atoms with E-state index in [1.165, 1.54) is 0 Å². The van der Waals surface area contributed by atoms with Crippen LogP contribution >= 0.6 is 0 Å². The van der Waals surface area contributed by atoms with Crippen LogP contribution in [0.4, 0.5) is 11.5 Å². The van der Waals surface area contributed by atoms with Crippen LogP contribution in [-0.2, 0) is 15.8 Å². The zero-order chi connectivity index (χ0) is 17.0. The summed E-state index contributed by atoms with van der Waals surface area (Å²) in [5.41, 5.74) is 2.36. The van der Waals surface area contributed by atoms with Crippen molar-refractivity contribution in [2.24, 2.45) is 0 Å². The number of anilines is 2. The molecule has 1 aromatic heterocycles. The Morgan fingerprint density at radius 1 is 1.17 bits per heavy atom. The lowest BCUT2D eigenvalue weighted by Crippen LogP contribution is -2.19. The minimum atomic E-state index is -3.58. The molecular formula is C16H18N4O2S. The average Bonchev–Trinajstić information content (AvgIpc) is 2.49. The summed E-state index contributed by atoms with van der Waals surface area (Å²) < 4.78 is 27.3. The summed E-state index contributed by atoms with van der Waals surface area (Å²) in [4.78, 5) is 6.11. The van der Waals surface area contributed by atoms with Gasteiger partial charge in [0.1, 0.15) is 0 Å². The van der Waals surface area contributed by atoms with Crippen LogP contribution in [0.3, 0.4) is 0 Å². The molecule has 0 aliphatic rings. The fourth-order valence-electron chi connectivity index (χ4n) is 2.06. The van der Waals surface area contributed by atoms with Gasteiger partial charge in [-0.15, -0.1) is 0 Å². The number of benzene rings is 1. The highest BCUT2D eigenvalue weighted by Gasteiger charge is 2.16. The average molecular weight is 330 g/mol. The molecule has 6 nitrogen and oxygen atoms in total. The lowest BCUT2D eigenvalue weighted by molar-refractivity contribution is 0.600. The lowest BCUT2D eigenvalue weighted by Gasteiger charge is -2.18. The Hall–Kier alpha value is -2.59. The van der Waals surface area contributed by atoms with Gasteiger partial charge < -0.3 is 4.90 Å². The van der Waals surface area contributed by atoms with Crippen LogP contribution in [0.2, 0.25) is 0 Å². The predicted octanol–water partition coefficient (Wildman–Crippen LogP) is 2.27. The molecule has 0 atom stereocenters. The Morgan fingerprint density at radius 2 is 1.83 bits per heavy atom. The molecule has 0 saturated heterocycles. The zero-order valence-electron chi connectivity index (χ0n) is 13.2.